The van der Waals surface area contributed by atoms with Crippen LogP contribution in [0.25, 0.3) is 21.5 Å². The fraction of sp³-hybridized carbons (Fsp3) is 0.500. The van der Waals surface area contributed by atoms with Gasteiger partial charge >= 0.3 is 0 Å². The molecule has 1 N–H and O–H groups in total. The number of anilines is 2. The van der Waals surface area contributed by atoms with E-state index in [4.69, 9.17) is 15.1 Å². The zero-order chi connectivity index (χ0) is 29.2. The summed E-state index contributed by atoms with van der Waals surface area (Å²) >= 11 is 3.51. The Bertz CT molecular complexity index is 1560. The first-order valence-electron chi connectivity index (χ1n) is 13.7. The van der Waals surface area contributed by atoms with Gasteiger partial charge in [-0.2, -0.15) is 15.5 Å². The smallest absolute Gasteiger partial charge is 0.228 e. The standard InChI is InChI=1S/C28H36N10OS2/c1-6-41-27(2,3)36-18-28(19-36,10-11-29)38-16-20(14-31-38)24-25-22(9-13-40-25)33-26(34-24)32-21-15-30-37(17-21)12-7-8-23(39)35(4)5/h9,13-17H,6-8,10,12,18-19H2,1-5H3,(H,32,33,34). The van der Waals surface area contributed by atoms with Crippen molar-refractivity contribution in [1.29, 1.82) is 5.26 Å². The minimum atomic E-state index is -0.354. The summed E-state index contributed by atoms with van der Waals surface area (Å²) in [6, 6.07) is 4.38. The number of carbonyl (C=O) groups is 1. The summed E-state index contributed by atoms with van der Waals surface area (Å²) in [5.41, 5.74) is 2.97. The van der Waals surface area contributed by atoms with Crippen molar-refractivity contribution >= 4 is 50.9 Å². The first-order chi connectivity index (χ1) is 19.6. The van der Waals surface area contributed by atoms with Crippen molar-refractivity contribution in [3.8, 4) is 17.3 Å². The Balaban J connectivity index is 1.34. The number of nitrogens with zero attached hydrogens (tertiary/aromatic N) is 9. The first kappa shape index (κ1) is 29.0. The molecule has 0 aliphatic carbocycles. The molecule has 0 unspecified atom stereocenters. The third-order valence-corrected chi connectivity index (χ3v) is 9.61. The van der Waals surface area contributed by atoms with Gasteiger partial charge < -0.3 is 10.2 Å². The Morgan fingerprint density at radius 2 is 2.05 bits per heavy atom. The second-order valence-electron chi connectivity index (χ2n) is 11.0. The van der Waals surface area contributed by atoms with Gasteiger partial charge in [0.05, 0.1) is 51.4 Å². The summed E-state index contributed by atoms with van der Waals surface area (Å²) in [4.78, 5) is 25.5. The molecular formula is C28H36N10OS2. The van der Waals surface area contributed by atoms with Crippen molar-refractivity contribution < 1.29 is 4.79 Å². The van der Waals surface area contributed by atoms with E-state index in [9.17, 15) is 10.1 Å². The molecule has 11 nitrogen and oxygen atoms in total. The number of amides is 1. The molecule has 1 aliphatic rings. The van der Waals surface area contributed by atoms with Crippen LogP contribution in [-0.4, -0.2) is 83.0 Å². The van der Waals surface area contributed by atoms with Crippen molar-refractivity contribution in [2.24, 2.45) is 0 Å². The number of aryl methyl sites for hydroxylation is 1. The third kappa shape index (κ3) is 6.10. The molecule has 1 saturated heterocycles. The molecule has 216 valence electrons. The fourth-order valence-electron chi connectivity index (χ4n) is 5.09. The van der Waals surface area contributed by atoms with E-state index in [1.807, 2.05) is 51.2 Å². The van der Waals surface area contributed by atoms with Gasteiger partial charge in [0.2, 0.25) is 11.9 Å². The molecule has 5 rings (SSSR count). The quantitative estimate of drug-likeness (QED) is 0.248. The van der Waals surface area contributed by atoms with Crippen molar-refractivity contribution in [1.82, 2.24) is 39.3 Å². The monoisotopic (exact) mass is 592 g/mol. The number of thiophene rings is 1. The molecular weight excluding hydrogens is 557 g/mol. The molecule has 4 aromatic rings. The Morgan fingerprint density at radius 3 is 2.78 bits per heavy atom. The van der Waals surface area contributed by atoms with E-state index in [0.29, 0.717) is 31.8 Å². The van der Waals surface area contributed by atoms with Gasteiger partial charge in [-0.05, 0) is 37.5 Å². The zero-order valence-corrected chi connectivity index (χ0v) is 25.8. The second-order valence-corrected chi connectivity index (χ2v) is 13.8. The van der Waals surface area contributed by atoms with Gasteiger partial charge in [0.1, 0.15) is 5.54 Å². The van der Waals surface area contributed by atoms with E-state index in [1.54, 1.807) is 36.5 Å². The van der Waals surface area contributed by atoms with Crippen LogP contribution in [0.1, 0.15) is 40.0 Å². The largest absolute Gasteiger partial charge is 0.349 e. The highest BCUT2D eigenvalue weighted by Gasteiger charge is 2.50. The number of thioether (sulfide) groups is 1. The number of likely N-dealkylation sites (tertiary alicyclic amines) is 1. The highest BCUT2D eigenvalue weighted by molar-refractivity contribution is 8.00. The number of carbonyl (C=O) groups excluding carboxylic acids is 1. The molecule has 0 spiro atoms. The molecule has 1 aliphatic heterocycles. The lowest BCUT2D eigenvalue weighted by atomic mass is 9.85. The summed E-state index contributed by atoms with van der Waals surface area (Å²) in [5, 5.41) is 24.1. The molecule has 1 amide bonds. The van der Waals surface area contributed by atoms with Crippen molar-refractivity contribution in [3.63, 3.8) is 0 Å². The van der Waals surface area contributed by atoms with Crippen LogP contribution < -0.4 is 5.32 Å². The van der Waals surface area contributed by atoms with Crippen molar-refractivity contribution in [2.75, 3.05) is 38.3 Å². The second kappa shape index (κ2) is 11.8. The number of nitrogens with one attached hydrogen (secondary N) is 1. The number of nitriles is 1. The average Bonchev–Trinajstić information content (AvgIpc) is 3.67. The van der Waals surface area contributed by atoms with E-state index in [2.05, 4.69) is 42.2 Å². The Hall–Kier alpha value is -3.47. The maximum absolute atomic E-state index is 11.8. The topological polar surface area (TPSA) is 121 Å². The van der Waals surface area contributed by atoms with E-state index in [0.717, 1.165) is 46.0 Å². The Kier molecular flexibility index (Phi) is 8.35. The van der Waals surface area contributed by atoms with Crippen LogP contribution >= 0.6 is 23.1 Å². The fourth-order valence-corrected chi connectivity index (χ4v) is 6.95. The summed E-state index contributed by atoms with van der Waals surface area (Å²) in [5.74, 6) is 1.62. The third-order valence-electron chi connectivity index (χ3n) is 7.45. The Morgan fingerprint density at radius 1 is 1.24 bits per heavy atom. The van der Waals surface area contributed by atoms with E-state index < -0.39 is 0 Å². The van der Waals surface area contributed by atoms with Gasteiger partial charge in [0.25, 0.3) is 0 Å². The Labute approximate surface area is 248 Å². The molecule has 0 saturated carbocycles. The van der Waals surface area contributed by atoms with Crippen LogP contribution in [0, 0.1) is 11.3 Å². The summed E-state index contributed by atoms with van der Waals surface area (Å²) in [7, 11) is 3.53. The van der Waals surface area contributed by atoms with E-state index >= 15 is 0 Å². The van der Waals surface area contributed by atoms with Crippen molar-refractivity contribution in [2.45, 2.75) is 57.0 Å². The molecule has 13 heteroatoms. The van der Waals surface area contributed by atoms with E-state index in [1.165, 1.54) is 0 Å². The lowest BCUT2D eigenvalue weighted by Gasteiger charge is -2.55. The number of fused-ring (bicyclic) bond motifs is 1. The lowest BCUT2D eigenvalue weighted by molar-refractivity contribution is -0.128. The van der Waals surface area contributed by atoms with Gasteiger partial charge in [0, 0.05) is 58.1 Å². The van der Waals surface area contributed by atoms with Gasteiger partial charge in [-0.1, -0.05) is 6.92 Å². The molecule has 4 aromatic heterocycles. The predicted octanol–water partition coefficient (Wildman–Crippen LogP) is 4.78. The SMILES string of the molecule is CCSC(C)(C)N1CC(CC#N)(n2cc(-c3nc(Nc4cnn(CCCC(=O)N(C)C)c4)nc4ccsc34)cn2)C1. The number of rotatable bonds is 12. The summed E-state index contributed by atoms with van der Waals surface area (Å²) in [6.45, 7) is 8.86. The van der Waals surface area contributed by atoms with Gasteiger partial charge in [0.15, 0.2) is 0 Å². The van der Waals surface area contributed by atoms with Crippen LogP contribution in [-0.2, 0) is 16.9 Å². The molecule has 41 heavy (non-hydrogen) atoms. The van der Waals surface area contributed by atoms with Crippen LogP contribution in [0.2, 0.25) is 0 Å². The highest BCUT2D eigenvalue weighted by atomic mass is 32.2. The van der Waals surface area contributed by atoms with Gasteiger partial charge in [-0.3, -0.25) is 19.1 Å². The maximum Gasteiger partial charge on any atom is 0.228 e. The van der Waals surface area contributed by atoms with Crippen LogP contribution in [0.4, 0.5) is 11.6 Å². The normalized spacial score (nSPS) is 15.0. The minimum Gasteiger partial charge on any atom is -0.349 e. The number of hydrogen-bond acceptors (Lipinski definition) is 10. The molecule has 5 heterocycles. The van der Waals surface area contributed by atoms with Crippen LogP contribution in [0.3, 0.4) is 0 Å². The van der Waals surface area contributed by atoms with Gasteiger partial charge in [-0.25, -0.2) is 9.97 Å². The molecule has 1 fully saturated rings. The molecule has 0 radical (unpaired) electrons. The highest BCUT2D eigenvalue weighted by Crippen LogP contribution is 2.42. The molecule has 0 bridgehead atoms. The number of hydrogen-bond donors (Lipinski definition) is 1. The lowest BCUT2D eigenvalue weighted by Crippen LogP contribution is -2.67. The van der Waals surface area contributed by atoms with Crippen LogP contribution in [0.15, 0.2) is 36.2 Å². The summed E-state index contributed by atoms with van der Waals surface area (Å²) < 4.78 is 4.77. The maximum atomic E-state index is 11.8. The van der Waals surface area contributed by atoms with Crippen LogP contribution in [0.5, 0.6) is 0 Å². The van der Waals surface area contributed by atoms with E-state index in [-0.39, 0.29) is 16.3 Å². The predicted molar refractivity (Wildman–Crippen MR) is 164 cm³/mol. The summed E-state index contributed by atoms with van der Waals surface area (Å²) in [6.07, 6.45) is 9.08. The minimum absolute atomic E-state index is 0.0114. The average molecular weight is 593 g/mol. The molecule has 0 aromatic carbocycles. The zero-order valence-electron chi connectivity index (χ0n) is 24.2. The van der Waals surface area contributed by atoms with Crippen molar-refractivity contribution in [3.05, 3.63) is 36.2 Å². The number of aromatic nitrogens is 6. The first-order valence-corrected chi connectivity index (χ1v) is 15.6. The molecule has 0 atom stereocenters. The van der Waals surface area contributed by atoms with Gasteiger partial charge in [-0.15, -0.1) is 23.1 Å².